The maximum Gasteiger partial charge on any atom is 1.00 e. The number of esters is 1. The zero-order valence-corrected chi connectivity index (χ0v) is 11.3. The van der Waals surface area contributed by atoms with E-state index in [0.29, 0.717) is 6.07 Å². The summed E-state index contributed by atoms with van der Waals surface area (Å²) in [5, 5.41) is 0. The predicted octanol–water partition coefficient (Wildman–Crippen LogP) is -2.07. The van der Waals surface area contributed by atoms with Gasteiger partial charge in [-0.2, -0.15) is 0 Å². The third-order valence-electron chi connectivity index (χ3n) is 1.56. The monoisotopic (exact) mass is 243 g/mol. The molecule has 76 valence electrons. The van der Waals surface area contributed by atoms with Gasteiger partial charge >= 0.3 is 64.3 Å². The van der Waals surface area contributed by atoms with Crippen molar-refractivity contribution in [2.45, 2.75) is 0 Å². The number of aromatic nitrogens is 1. The van der Waals surface area contributed by atoms with Crippen LogP contribution in [0.1, 0.15) is 10.5 Å². The third kappa shape index (κ3) is 4.23. The van der Waals surface area contributed by atoms with Gasteiger partial charge in [-0.25, -0.2) is 9.78 Å². The largest absolute Gasteiger partial charge is 1.00 e. The minimum absolute atomic E-state index is 0. The number of nitrogens with zero attached hydrogens (tertiary/aromatic N) is 1. The summed E-state index contributed by atoms with van der Waals surface area (Å²) in [4.78, 5) is 14.3. The number of hydrogen-bond donors (Lipinski definition) is 0. The normalized spacial score (nSPS) is 10.4. The molecule has 0 aromatic carbocycles. The molecule has 0 aliphatic heterocycles. The molecule has 1 heterocycles. The van der Waals surface area contributed by atoms with Crippen LogP contribution in [0.2, 0.25) is 0 Å². The molecule has 3 nitrogen and oxygen atoms in total. The van der Waals surface area contributed by atoms with Crippen LogP contribution in [0.5, 0.6) is 0 Å². The van der Waals surface area contributed by atoms with Crippen molar-refractivity contribution >= 4 is 18.4 Å². The van der Waals surface area contributed by atoms with Crippen LogP contribution >= 0.6 is 0 Å². The Morgan fingerprint density at radius 2 is 2.07 bits per heavy atom. The van der Waals surface area contributed by atoms with Crippen molar-refractivity contribution in [1.82, 2.24) is 4.98 Å². The van der Waals surface area contributed by atoms with E-state index in [0.717, 1.165) is 19.4 Å². The number of methoxy groups -OCH3 is 1. The van der Waals surface area contributed by atoms with E-state index < -0.39 is 18.4 Å². The molecule has 0 N–H and O–H groups in total. The molecule has 1 aromatic rings. The second kappa shape index (κ2) is 6.00. The predicted molar refractivity (Wildman–Crippen MR) is 44.3 cm³/mol. The minimum atomic E-state index is -5.11. The molecule has 0 aliphatic carbocycles. The Balaban J connectivity index is 0.00000196. The molecule has 0 atom stereocenters. The maximum atomic E-state index is 12.2. The number of hydrogen-bond acceptors (Lipinski definition) is 3. The summed E-state index contributed by atoms with van der Waals surface area (Å²) < 4.78 is 40.9. The van der Waals surface area contributed by atoms with Gasteiger partial charge in [-0.15, -0.1) is 5.46 Å². The number of rotatable bonds is 2. The Bertz CT molecular complexity index is 358. The fraction of sp³-hybridized carbons (Fsp3) is 0.143. The summed E-state index contributed by atoms with van der Waals surface area (Å²) in [5.74, 6) is -0.883. The minimum Gasteiger partial charge on any atom is -0.464 e. The summed E-state index contributed by atoms with van der Waals surface area (Å²) in [5.41, 5.74) is -1.20. The first kappa shape index (κ1) is 15.1. The average Bonchev–Trinajstić information content (AvgIpc) is 2.15. The molecule has 0 unspecified atom stereocenters. The van der Waals surface area contributed by atoms with E-state index in [1.54, 1.807) is 0 Å². The molecular weight excluding hydrogens is 237 g/mol. The number of halogens is 3. The zero-order valence-electron chi connectivity index (χ0n) is 8.21. The molecule has 0 saturated carbocycles. The molecule has 0 spiro atoms. The SMILES string of the molecule is COC(=O)c1cc([B-](F)(F)F)ccn1.[K+]. The molecule has 1 rings (SSSR count). The number of carbonyl (C=O) groups excluding carboxylic acids is 1. The fourth-order valence-corrected chi connectivity index (χ4v) is 0.867. The number of carbonyl (C=O) groups is 1. The van der Waals surface area contributed by atoms with Crippen molar-refractivity contribution in [3.05, 3.63) is 24.0 Å². The summed E-state index contributed by atoms with van der Waals surface area (Å²) >= 11 is 0. The summed E-state index contributed by atoms with van der Waals surface area (Å²) in [6, 6.07) is 1.48. The first-order valence-electron chi connectivity index (χ1n) is 3.69. The van der Waals surface area contributed by atoms with Crippen molar-refractivity contribution in [2.24, 2.45) is 0 Å². The summed E-state index contributed by atoms with van der Waals surface area (Å²) in [7, 11) is 1.08. The van der Waals surface area contributed by atoms with Crippen molar-refractivity contribution in [3.63, 3.8) is 0 Å². The number of ether oxygens (including phenoxy) is 1. The van der Waals surface area contributed by atoms with Gasteiger partial charge in [0.2, 0.25) is 0 Å². The standard InChI is InChI=1S/C7H6BF3NO2.K/c1-14-7(13)6-4-5(2-3-12-6)8(9,10)11;/h2-4H,1H3;/q-1;+1. The van der Waals surface area contributed by atoms with E-state index in [1.807, 2.05) is 0 Å². The van der Waals surface area contributed by atoms with Gasteiger partial charge in [0, 0.05) is 6.20 Å². The van der Waals surface area contributed by atoms with E-state index in [-0.39, 0.29) is 57.1 Å². The van der Waals surface area contributed by atoms with Gasteiger partial charge in [-0.3, -0.25) is 0 Å². The quantitative estimate of drug-likeness (QED) is 0.442. The van der Waals surface area contributed by atoms with E-state index in [2.05, 4.69) is 9.72 Å². The van der Waals surface area contributed by atoms with E-state index in [4.69, 9.17) is 0 Å². The summed E-state index contributed by atoms with van der Waals surface area (Å²) in [6.45, 7) is -5.11. The first-order valence-corrected chi connectivity index (χ1v) is 3.69. The Morgan fingerprint density at radius 3 is 2.53 bits per heavy atom. The zero-order chi connectivity index (χ0) is 10.8. The molecule has 0 amide bonds. The molecule has 0 saturated heterocycles. The molecule has 0 radical (unpaired) electrons. The van der Waals surface area contributed by atoms with E-state index in [9.17, 15) is 17.7 Å². The van der Waals surface area contributed by atoms with Crippen LogP contribution in [0, 0.1) is 0 Å². The second-order valence-corrected chi connectivity index (χ2v) is 2.54. The Labute approximate surface area is 127 Å². The van der Waals surface area contributed by atoms with Crippen LogP contribution in [-0.4, -0.2) is 25.0 Å². The third-order valence-corrected chi connectivity index (χ3v) is 1.56. The number of pyridine rings is 1. The molecule has 0 fully saturated rings. The van der Waals surface area contributed by atoms with Crippen molar-refractivity contribution in [3.8, 4) is 0 Å². The molecule has 0 bridgehead atoms. The fourth-order valence-electron chi connectivity index (χ4n) is 0.867. The van der Waals surface area contributed by atoms with Crippen LogP contribution in [0.15, 0.2) is 18.3 Å². The topological polar surface area (TPSA) is 39.2 Å². The molecule has 8 heteroatoms. The molecule has 15 heavy (non-hydrogen) atoms. The summed E-state index contributed by atoms with van der Waals surface area (Å²) in [6.07, 6.45) is 0.927. The molecular formula is C7H6BF3KNO2. The van der Waals surface area contributed by atoms with Gasteiger partial charge in [0.15, 0.2) is 0 Å². The van der Waals surface area contributed by atoms with E-state index in [1.165, 1.54) is 0 Å². The van der Waals surface area contributed by atoms with Crippen LogP contribution in [0.25, 0.3) is 0 Å². The smallest absolute Gasteiger partial charge is 0.464 e. The van der Waals surface area contributed by atoms with Crippen LogP contribution in [0.3, 0.4) is 0 Å². The molecule has 0 aliphatic rings. The van der Waals surface area contributed by atoms with Gasteiger partial charge in [-0.05, 0) is 0 Å². The molecule has 1 aromatic heterocycles. The Hall–Kier alpha value is 0.111. The van der Waals surface area contributed by atoms with Crippen molar-refractivity contribution in [1.29, 1.82) is 0 Å². The van der Waals surface area contributed by atoms with Crippen LogP contribution < -0.4 is 56.8 Å². The average molecular weight is 243 g/mol. The van der Waals surface area contributed by atoms with Crippen LogP contribution in [0.4, 0.5) is 12.9 Å². The van der Waals surface area contributed by atoms with Gasteiger partial charge in [-0.1, -0.05) is 12.1 Å². The van der Waals surface area contributed by atoms with Gasteiger partial charge in [0.25, 0.3) is 0 Å². The maximum absolute atomic E-state index is 12.2. The Kier molecular flexibility index (Phi) is 6.04. The van der Waals surface area contributed by atoms with Gasteiger partial charge < -0.3 is 17.7 Å². The first-order chi connectivity index (χ1) is 6.45. The van der Waals surface area contributed by atoms with E-state index >= 15 is 0 Å². The van der Waals surface area contributed by atoms with Crippen molar-refractivity contribution < 1.29 is 73.9 Å². The van der Waals surface area contributed by atoms with Crippen LogP contribution in [-0.2, 0) is 4.74 Å². The van der Waals surface area contributed by atoms with Gasteiger partial charge in [0.1, 0.15) is 5.69 Å². The second-order valence-electron chi connectivity index (χ2n) is 2.54. The van der Waals surface area contributed by atoms with Gasteiger partial charge in [0.05, 0.1) is 7.11 Å². The Morgan fingerprint density at radius 1 is 1.47 bits per heavy atom. The van der Waals surface area contributed by atoms with Crippen molar-refractivity contribution in [2.75, 3.05) is 7.11 Å².